The molecule has 0 aliphatic rings. The van der Waals surface area contributed by atoms with Gasteiger partial charge >= 0.3 is 0 Å². The van der Waals surface area contributed by atoms with E-state index in [-0.39, 0.29) is 17.3 Å². The number of nitriles is 1. The van der Waals surface area contributed by atoms with Crippen molar-refractivity contribution in [2.24, 2.45) is 5.92 Å². The maximum Gasteiger partial charge on any atom is 0.150 e. The minimum atomic E-state index is -0.720. The van der Waals surface area contributed by atoms with Gasteiger partial charge in [-0.05, 0) is 31.4 Å². The summed E-state index contributed by atoms with van der Waals surface area (Å²) < 4.78 is 27.2. The van der Waals surface area contributed by atoms with Crippen molar-refractivity contribution in [3.63, 3.8) is 0 Å². The monoisotopic (exact) mass is 252 g/mol. The van der Waals surface area contributed by atoms with E-state index in [1.807, 2.05) is 6.92 Å². The van der Waals surface area contributed by atoms with Crippen LogP contribution in [-0.2, 0) is 0 Å². The zero-order valence-electron chi connectivity index (χ0n) is 10.9. The highest BCUT2D eigenvalue weighted by Gasteiger charge is 2.14. The first-order valence-corrected chi connectivity index (χ1v) is 6.13. The van der Waals surface area contributed by atoms with Gasteiger partial charge in [0, 0.05) is 6.04 Å². The Bertz CT molecular complexity index is 429. The van der Waals surface area contributed by atoms with Gasteiger partial charge < -0.3 is 5.32 Å². The first-order valence-electron chi connectivity index (χ1n) is 6.13. The molecule has 4 heteroatoms. The number of anilines is 1. The Morgan fingerprint density at radius 3 is 2.28 bits per heavy atom. The molecule has 0 spiro atoms. The van der Waals surface area contributed by atoms with E-state index >= 15 is 0 Å². The topological polar surface area (TPSA) is 35.8 Å². The van der Waals surface area contributed by atoms with Crippen LogP contribution in [0.1, 0.15) is 39.2 Å². The van der Waals surface area contributed by atoms with Crippen LogP contribution in [0.25, 0.3) is 0 Å². The van der Waals surface area contributed by atoms with Crippen LogP contribution < -0.4 is 5.32 Å². The summed E-state index contributed by atoms with van der Waals surface area (Å²) in [4.78, 5) is 0. The molecule has 0 aromatic heterocycles. The molecular weight excluding hydrogens is 234 g/mol. The molecule has 1 rings (SSSR count). The first kappa shape index (κ1) is 14.4. The number of nitrogens with zero attached hydrogens (tertiary/aromatic N) is 1. The summed E-state index contributed by atoms with van der Waals surface area (Å²) in [7, 11) is 0. The lowest BCUT2D eigenvalue weighted by Gasteiger charge is -2.19. The van der Waals surface area contributed by atoms with Crippen molar-refractivity contribution in [3.8, 4) is 6.07 Å². The van der Waals surface area contributed by atoms with E-state index in [1.165, 1.54) is 0 Å². The molecule has 18 heavy (non-hydrogen) atoms. The summed E-state index contributed by atoms with van der Waals surface area (Å²) in [5.41, 5.74) is -0.157. The van der Waals surface area contributed by atoms with Gasteiger partial charge in [-0.2, -0.15) is 5.26 Å². The van der Waals surface area contributed by atoms with Gasteiger partial charge in [0.15, 0.2) is 11.6 Å². The highest BCUT2D eigenvalue weighted by molar-refractivity contribution is 5.50. The molecule has 0 fully saturated rings. The number of rotatable bonds is 5. The Labute approximate surface area is 107 Å². The molecule has 2 nitrogen and oxygen atoms in total. The van der Waals surface area contributed by atoms with Gasteiger partial charge in [-0.25, -0.2) is 8.78 Å². The Morgan fingerprint density at radius 2 is 1.83 bits per heavy atom. The van der Waals surface area contributed by atoms with Crippen molar-refractivity contribution in [3.05, 3.63) is 29.3 Å². The third-order valence-corrected chi connectivity index (χ3v) is 3.01. The number of benzene rings is 1. The summed E-state index contributed by atoms with van der Waals surface area (Å²) in [6.07, 6.45) is 1.87. The molecule has 98 valence electrons. The molecule has 1 aromatic carbocycles. The lowest BCUT2D eigenvalue weighted by molar-refractivity contribution is 0.479. The van der Waals surface area contributed by atoms with Crippen LogP contribution in [-0.4, -0.2) is 6.04 Å². The average Bonchev–Trinajstić information content (AvgIpc) is 2.33. The van der Waals surface area contributed by atoms with Crippen LogP contribution in [0.2, 0.25) is 0 Å². The summed E-state index contributed by atoms with van der Waals surface area (Å²) in [6, 6.07) is 3.79. The second kappa shape index (κ2) is 6.34. The van der Waals surface area contributed by atoms with E-state index in [2.05, 4.69) is 19.2 Å². The lowest BCUT2D eigenvalue weighted by Crippen LogP contribution is -2.20. The standard InChI is InChI=1S/C14H18F2N2/c1-4-9(2)5-10(3)18-14-12(15)6-11(8-17)7-13(14)16/h6-7,9-10,18H,4-5H2,1-3H3. The lowest BCUT2D eigenvalue weighted by atomic mass is 10.00. The maximum atomic E-state index is 13.6. The van der Waals surface area contributed by atoms with Gasteiger partial charge in [-0.15, -0.1) is 0 Å². The molecule has 0 bridgehead atoms. The van der Waals surface area contributed by atoms with Crippen molar-refractivity contribution in [2.75, 3.05) is 5.32 Å². The van der Waals surface area contributed by atoms with Gasteiger partial charge in [0.1, 0.15) is 5.69 Å². The fraction of sp³-hybridized carbons (Fsp3) is 0.500. The van der Waals surface area contributed by atoms with E-state index in [1.54, 1.807) is 6.07 Å². The maximum absolute atomic E-state index is 13.6. The Morgan fingerprint density at radius 1 is 1.28 bits per heavy atom. The summed E-state index contributed by atoms with van der Waals surface area (Å²) in [5.74, 6) is -0.942. The minimum Gasteiger partial charge on any atom is -0.378 e. The van der Waals surface area contributed by atoms with E-state index in [9.17, 15) is 8.78 Å². The zero-order chi connectivity index (χ0) is 13.7. The van der Waals surface area contributed by atoms with Crippen LogP contribution in [0.4, 0.5) is 14.5 Å². The Balaban J connectivity index is 2.82. The van der Waals surface area contributed by atoms with Gasteiger partial charge in [0.05, 0.1) is 11.6 Å². The van der Waals surface area contributed by atoms with Gasteiger partial charge in [0.2, 0.25) is 0 Å². The number of hydrogen-bond donors (Lipinski definition) is 1. The van der Waals surface area contributed by atoms with Crippen molar-refractivity contribution < 1.29 is 8.78 Å². The van der Waals surface area contributed by atoms with Crippen LogP contribution >= 0.6 is 0 Å². The fourth-order valence-electron chi connectivity index (χ4n) is 1.85. The number of hydrogen-bond acceptors (Lipinski definition) is 2. The largest absolute Gasteiger partial charge is 0.378 e. The van der Waals surface area contributed by atoms with Gasteiger partial charge in [-0.3, -0.25) is 0 Å². The predicted molar refractivity (Wildman–Crippen MR) is 68.2 cm³/mol. The van der Waals surface area contributed by atoms with Crippen LogP contribution in [0, 0.1) is 28.9 Å². The van der Waals surface area contributed by atoms with Gasteiger partial charge in [0.25, 0.3) is 0 Å². The van der Waals surface area contributed by atoms with E-state index < -0.39 is 11.6 Å². The zero-order valence-corrected chi connectivity index (χ0v) is 10.9. The number of nitrogens with one attached hydrogen (secondary N) is 1. The summed E-state index contributed by atoms with van der Waals surface area (Å²) in [6.45, 7) is 6.08. The normalized spacial score (nSPS) is 13.8. The molecule has 0 saturated heterocycles. The quantitative estimate of drug-likeness (QED) is 0.857. The SMILES string of the molecule is CCC(C)CC(C)Nc1c(F)cc(C#N)cc1F. The third kappa shape index (κ3) is 3.69. The molecule has 1 aromatic rings. The first-order chi connectivity index (χ1) is 8.47. The second-order valence-corrected chi connectivity index (χ2v) is 4.72. The average molecular weight is 252 g/mol. The Kier molecular flexibility index (Phi) is 5.08. The van der Waals surface area contributed by atoms with E-state index in [0.29, 0.717) is 5.92 Å². The van der Waals surface area contributed by atoms with E-state index in [0.717, 1.165) is 25.0 Å². The molecule has 0 radical (unpaired) electrons. The molecule has 0 aliphatic heterocycles. The molecule has 0 amide bonds. The highest BCUT2D eigenvalue weighted by Crippen LogP contribution is 2.23. The molecule has 0 saturated carbocycles. The predicted octanol–water partition coefficient (Wildman–Crippen LogP) is 4.07. The van der Waals surface area contributed by atoms with Crippen molar-refractivity contribution >= 4 is 5.69 Å². The fourth-order valence-corrected chi connectivity index (χ4v) is 1.85. The molecular formula is C14H18F2N2. The van der Waals surface area contributed by atoms with Crippen LogP contribution in [0.3, 0.4) is 0 Å². The van der Waals surface area contributed by atoms with Gasteiger partial charge in [-0.1, -0.05) is 20.3 Å². The van der Waals surface area contributed by atoms with Crippen molar-refractivity contribution in [1.82, 2.24) is 0 Å². The molecule has 0 aliphatic carbocycles. The van der Waals surface area contributed by atoms with Crippen molar-refractivity contribution in [2.45, 2.75) is 39.7 Å². The summed E-state index contributed by atoms with van der Waals surface area (Å²) >= 11 is 0. The summed E-state index contributed by atoms with van der Waals surface area (Å²) in [5, 5.41) is 11.4. The number of halogens is 2. The van der Waals surface area contributed by atoms with Crippen LogP contribution in [0.5, 0.6) is 0 Å². The van der Waals surface area contributed by atoms with Crippen molar-refractivity contribution in [1.29, 1.82) is 5.26 Å². The molecule has 2 atom stereocenters. The molecule has 1 N–H and O–H groups in total. The molecule has 0 heterocycles. The highest BCUT2D eigenvalue weighted by atomic mass is 19.1. The third-order valence-electron chi connectivity index (χ3n) is 3.01. The van der Waals surface area contributed by atoms with E-state index in [4.69, 9.17) is 5.26 Å². The van der Waals surface area contributed by atoms with Crippen LogP contribution in [0.15, 0.2) is 12.1 Å². The smallest absolute Gasteiger partial charge is 0.150 e. The molecule has 2 unspecified atom stereocenters. The second-order valence-electron chi connectivity index (χ2n) is 4.72. The Hall–Kier alpha value is -1.63. The minimum absolute atomic E-state index is 0.00914.